The van der Waals surface area contributed by atoms with Gasteiger partial charge in [0.15, 0.2) is 0 Å². The maximum absolute atomic E-state index is 6.88. The molecule has 0 saturated heterocycles. The van der Waals surface area contributed by atoms with Gasteiger partial charge in [0.05, 0.1) is 5.41 Å². The van der Waals surface area contributed by atoms with Crippen molar-refractivity contribution in [3.05, 3.63) is 65.2 Å². The molecule has 2 aliphatic rings. The van der Waals surface area contributed by atoms with Gasteiger partial charge >= 0.3 is 0 Å². The summed E-state index contributed by atoms with van der Waals surface area (Å²) in [6.45, 7) is 10.1. The molecule has 2 aliphatic heterocycles. The second-order valence-electron chi connectivity index (χ2n) is 9.23. The molecule has 0 bridgehead atoms. The first-order valence-electron chi connectivity index (χ1n) is 11.4. The fourth-order valence-corrected chi connectivity index (χ4v) is 5.06. The Morgan fingerprint density at radius 2 is 1.69 bits per heavy atom. The van der Waals surface area contributed by atoms with E-state index in [0.717, 1.165) is 12.3 Å². The van der Waals surface area contributed by atoms with Crippen LogP contribution in [0.25, 0.3) is 6.08 Å². The molecule has 0 fully saturated rings. The van der Waals surface area contributed by atoms with Gasteiger partial charge in [-0.1, -0.05) is 68.9 Å². The number of para-hydroxylation sites is 1. The first-order chi connectivity index (χ1) is 14.0. The van der Waals surface area contributed by atoms with Crippen LogP contribution in [0.4, 0.5) is 5.69 Å². The van der Waals surface area contributed by atoms with E-state index in [2.05, 4.69) is 87.2 Å². The fourth-order valence-electron chi connectivity index (χ4n) is 5.06. The average Bonchev–Trinajstić information content (AvgIpc) is 2.89. The Balaban J connectivity index is 1.65. The predicted molar refractivity (Wildman–Crippen MR) is 124 cm³/mol. The Bertz CT molecular complexity index is 897. The minimum absolute atomic E-state index is 0.134. The van der Waals surface area contributed by atoms with Crippen LogP contribution in [-0.4, -0.2) is 12.3 Å². The zero-order chi connectivity index (χ0) is 20.5. The lowest BCUT2D eigenvalue weighted by Crippen LogP contribution is -2.59. The van der Waals surface area contributed by atoms with Crippen LogP contribution in [0.2, 0.25) is 0 Å². The Hall–Kier alpha value is -2.22. The van der Waals surface area contributed by atoms with E-state index in [0.29, 0.717) is 0 Å². The van der Waals surface area contributed by atoms with Gasteiger partial charge in [-0.2, -0.15) is 0 Å². The van der Waals surface area contributed by atoms with Crippen LogP contribution in [0, 0.1) is 6.92 Å². The highest BCUT2D eigenvalue weighted by molar-refractivity contribution is 5.72. The molecular weight excluding hydrogens is 354 g/mol. The molecule has 0 saturated carbocycles. The molecule has 2 nitrogen and oxygen atoms in total. The summed E-state index contributed by atoms with van der Waals surface area (Å²) in [5.41, 5.74) is 4.55. The molecule has 0 N–H and O–H groups in total. The molecule has 29 heavy (non-hydrogen) atoms. The van der Waals surface area contributed by atoms with Crippen molar-refractivity contribution in [3.63, 3.8) is 0 Å². The SMILES string of the molecule is CCCCCCCCN1c2ccccc2C(C)(C)[C@]12C=Cc1cc(C)ccc1O2. The largest absolute Gasteiger partial charge is 0.463 e. The number of hydrogen-bond acceptors (Lipinski definition) is 2. The topological polar surface area (TPSA) is 12.5 Å². The third kappa shape index (κ3) is 3.37. The highest BCUT2D eigenvalue weighted by atomic mass is 16.5. The summed E-state index contributed by atoms with van der Waals surface area (Å²) in [6, 6.07) is 15.4. The number of nitrogens with zero attached hydrogens (tertiary/aromatic N) is 1. The third-order valence-electron chi connectivity index (χ3n) is 6.82. The molecule has 0 radical (unpaired) electrons. The Morgan fingerprint density at radius 3 is 2.52 bits per heavy atom. The van der Waals surface area contributed by atoms with Gasteiger partial charge < -0.3 is 9.64 Å². The molecule has 0 aliphatic carbocycles. The van der Waals surface area contributed by atoms with Crippen LogP contribution in [0.1, 0.15) is 76.0 Å². The van der Waals surface area contributed by atoms with E-state index >= 15 is 0 Å². The smallest absolute Gasteiger partial charge is 0.212 e. The number of benzene rings is 2. The number of fused-ring (bicyclic) bond motifs is 2. The second kappa shape index (κ2) is 7.89. The molecule has 4 rings (SSSR count). The Morgan fingerprint density at radius 1 is 0.931 bits per heavy atom. The van der Waals surface area contributed by atoms with Gasteiger partial charge in [0.1, 0.15) is 5.75 Å². The number of unbranched alkanes of at least 4 members (excludes halogenated alkanes) is 5. The first-order valence-corrected chi connectivity index (χ1v) is 11.4. The summed E-state index contributed by atoms with van der Waals surface area (Å²) >= 11 is 0. The monoisotopic (exact) mass is 389 g/mol. The molecule has 0 unspecified atom stereocenters. The third-order valence-corrected chi connectivity index (χ3v) is 6.82. The van der Waals surface area contributed by atoms with Gasteiger partial charge in [-0.3, -0.25) is 0 Å². The molecule has 2 heterocycles. The molecule has 1 spiro atoms. The molecular formula is C27H35NO. The lowest BCUT2D eigenvalue weighted by Gasteiger charge is -2.47. The maximum Gasteiger partial charge on any atom is 0.212 e. The number of ether oxygens (including phenoxy) is 1. The summed E-state index contributed by atoms with van der Waals surface area (Å²) in [4.78, 5) is 2.53. The molecule has 2 aromatic carbocycles. The lowest BCUT2D eigenvalue weighted by atomic mass is 9.76. The van der Waals surface area contributed by atoms with E-state index < -0.39 is 5.72 Å². The minimum atomic E-state index is -0.470. The highest BCUT2D eigenvalue weighted by Crippen LogP contribution is 2.54. The zero-order valence-electron chi connectivity index (χ0n) is 18.5. The van der Waals surface area contributed by atoms with Crippen molar-refractivity contribution < 1.29 is 4.74 Å². The summed E-state index contributed by atoms with van der Waals surface area (Å²) < 4.78 is 6.88. The van der Waals surface area contributed by atoms with Crippen LogP contribution >= 0.6 is 0 Å². The first kappa shape index (κ1) is 20.1. The Labute approximate surface area is 176 Å². The van der Waals surface area contributed by atoms with E-state index in [4.69, 9.17) is 4.74 Å². The number of aryl methyl sites for hydroxylation is 1. The second-order valence-corrected chi connectivity index (χ2v) is 9.23. The van der Waals surface area contributed by atoms with Crippen LogP contribution in [0.5, 0.6) is 5.75 Å². The lowest BCUT2D eigenvalue weighted by molar-refractivity contribution is 0.0531. The molecule has 0 amide bonds. The quantitative estimate of drug-likeness (QED) is 0.462. The van der Waals surface area contributed by atoms with Crippen LogP contribution < -0.4 is 9.64 Å². The molecule has 154 valence electrons. The van der Waals surface area contributed by atoms with Crippen molar-refractivity contribution in [2.24, 2.45) is 0 Å². The molecule has 2 heteroatoms. The standard InChI is InChI=1S/C27H35NO/c1-5-6-7-8-9-12-19-28-24-14-11-10-13-23(24)26(3,4)27(28)18-17-22-20-21(2)15-16-25(22)29-27/h10-11,13-18,20H,5-9,12,19H2,1-4H3/t27-/m1/s1. The fraction of sp³-hybridized carbons (Fsp3) is 0.481. The molecule has 0 aromatic heterocycles. The van der Waals surface area contributed by atoms with E-state index in [1.807, 2.05) is 0 Å². The van der Waals surface area contributed by atoms with E-state index in [1.54, 1.807) is 0 Å². The predicted octanol–water partition coefficient (Wildman–Crippen LogP) is 7.26. The van der Waals surface area contributed by atoms with Crippen molar-refractivity contribution in [3.8, 4) is 5.75 Å². The normalized spacial score (nSPS) is 21.2. The summed E-state index contributed by atoms with van der Waals surface area (Å²) in [5, 5.41) is 0. The van der Waals surface area contributed by atoms with Crippen LogP contribution in [0.15, 0.2) is 48.5 Å². The minimum Gasteiger partial charge on any atom is -0.463 e. The van der Waals surface area contributed by atoms with Crippen molar-refractivity contribution in [1.82, 2.24) is 0 Å². The van der Waals surface area contributed by atoms with Gasteiger partial charge in [-0.25, -0.2) is 0 Å². The summed E-state index contributed by atoms with van der Waals surface area (Å²) in [5.74, 6) is 0.993. The zero-order valence-corrected chi connectivity index (χ0v) is 18.5. The highest BCUT2D eigenvalue weighted by Gasteiger charge is 2.58. The van der Waals surface area contributed by atoms with Crippen molar-refractivity contribution in [2.75, 3.05) is 11.4 Å². The van der Waals surface area contributed by atoms with E-state index in [9.17, 15) is 0 Å². The van der Waals surface area contributed by atoms with E-state index in [1.165, 1.54) is 60.9 Å². The van der Waals surface area contributed by atoms with Gasteiger partial charge in [0, 0.05) is 17.8 Å². The number of anilines is 1. The van der Waals surface area contributed by atoms with Crippen molar-refractivity contribution in [2.45, 2.75) is 77.4 Å². The number of rotatable bonds is 7. The summed E-state index contributed by atoms with van der Waals surface area (Å²) in [6.07, 6.45) is 12.4. The average molecular weight is 390 g/mol. The van der Waals surface area contributed by atoms with Crippen LogP contribution in [-0.2, 0) is 5.41 Å². The molecule has 2 aromatic rings. The van der Waals surface area contributed by atoms with Gasteiger partial charge in [0.25, 0.3) is 0 Å². The summed E-state index contributed by atoms with van der Waals surface area (Å²) in [7, 11) is 0. The van der Waals surface area contributed by atoms with Crippen molar-refractivity contribution in [1.29, 1.82) is 0 Å². The van der Waals surface area contributed by atoms with Gasteiger partial charge in [-0.15, -0.1) is 0 Å². The Kier molecular flexibility index (Phi) is 5.46. The maximum atomic E-state index is 6.88. The van der Waals surface area contributed by atoms with E-state index in [-0.39, 0.29) is 5.41 Å². The van der Waals surface area contributed by atoms with Crippen molar-refractivity contribution >= 4 is 11.8 Å². The molecule has 1 atom stereocenters. The van der Waals surface area contributed by atoms with Gasteiger partial charge in [0.2, 0.25) is 5.72 Å². The van der Waals surface area contributed by atoms with Crippen LogP contribution in [0.3, 0.4) is 0 Å². The van der Waals surface area contributed by atoms with Gasteiger partial charge in [-0.05, 0) is 63.1 Å². The number of hydrogen-bond donors (Lipinski definition) is 0.